The van der Waals surface area contributed by atoms with E-state index in [4.69, 9.17) is 5.73 Å². The third kappa shape index (κ3) is 1.93. The zero-order valence-electron chi connectivity index (χ0n) is 9.47. The van der Waals surface area contributed by atoms with Crippen LogP contribution < -0.4 is 5.73 Å². The molecule has 1 amide bonds. The number of aromatic nitrogens is 1. The number of hydrogen-bond donors (Lipinski definition) is 1. The van der Waals surface area contributed by atoms with E-state index in [9.17, 15) is 4.79 Å². The van der Waals surface area contributed by atoms with E-state index in [2.05, 4.69) is 11.9 Å². The molecule has 0 radical (unpaired) electrons. The number of carbonyl (C=O) groups excluding carboxylic acids is 1. The number of rotatable bonds is 2. The van der Waals surface area contributed by atoms with Crippen LogP contribution in [0.2, 0.25) is 0 Å². The molecule has 4 heteroatoms. The zero-order chi connectivity index (χ0) is 11.5. The predicted molar refractivity (Wildman–Crippen MR) is 61.9 cm³/mol. The van der Waals surface area contributed by atoms with Crippen molar-refractivity contribution in [2.24, 2.45) is 11.7 Å². The van der Waals surface area contributed by atoms with Crippen LogP contribution in [-0.2, 0) is 0 Å². The quantitative estimate of drug-likeness (QED) is 0.803. The van der Waals surface area contributed by atoms with Crippen LogP contribution in [0.4, 0.5) is 0 Å². The predicted octanol–water partition coefficient (Wildman–Crippen LogP) is 0.891. The van der Waals surface area contributed by atoms with Gasteiger partial charge < -0.3 is 10.6 Å². The molecule has 0 saturated carbocycles. The minimum absolute atomic E-state index is 0.000370. The van der Waals surface area contributed by atoms with Crippen LogP contribution in [0.15, 0.2) is 24.4 Å². The Morgan fingerprint density at radius 3 is 3.06 bits per heavy atom. The molecule has 2 heterocycles. The molecule has 16 heavy (non-hydrogen) atoms. The van der Waals surface area contributed by atoms with Crippen molar-refractivity contribution in [3.63, 3.8) is 0 Å². The molecule has 1 aliphatic heterocycles. The Morgan fingerprint density at radius 2 is 2.44 bits per heavy atom. The van der Waals surface area contributed by atoms with Gasteiger partial charge in [0.25, 0.3) is 5.91 Å². The van der Waals surface area contributed by atoms with Crippen molar-refractivity contribution in [2.45, 2.75) is 19.4 Å². The Hall–Kier alpha value is -1.42. The molecule has 2 N–H and O–H groups in total. The van der Waals surface area contributed by atoms with Crippen molar-refractivity contribution < 1.29 is 4.79 Å². The number of nitrogens with two attached hydrogens (primary N) is 1. The van der Waals surface area contributed by atoms with Crippen LogP contribution >= 0.6 is 0 Å². The first kappa shape index (κ1) is 11.1. The lowest BCUT2D eigenvalue weighted by Gasteiger charge is -2.25. The minimum Gasteiger partial charge on any atom is -0.333 e. The fourth-order valence-electron chi connectivity index (χ4n) is 2.26. The van der Waals surface area contributed by atoms with Crippen molar-refractivity contribution >= 4 is 5.91 Å². The van der Waals surface area contributed by atoms with Gasteiger partial charge in [0.15, 0.2) is 0 Å². The van der Waals surface area contributed by atoms with Crippen molar-refractivity contribution in [1.82, 2.24) is 9.88 Å². The summed E-state index contributed by atoms with van der Waals surface area (Å²) < 4.78 is 0. The maximum Gasteiger partial charge on any atom is 0.272 e. The second-order valence-electron chi connectivity index (χ2n) is 4.28. The van der Waals surface area contributed by atoms with Crippen LogP contribution in [-0.4, -0.2) is 34.9 Å². The first-order chi connectivity index (χ1) is 7.74. The Bertz CT molecular complexity index is 366. The van der Waals surface area contributed by atoms with Crippen LogP contribution in [0.3, 0.4) is 0 Å². The van der Waals surface area contributed by atoms with E-state index in [0.29, 0.717) is 18.2 Å². The van der Waals surface area contributed by atoms with Gasteiger partial charge in [-0.15, -0.1) is 0 Å². The van der Waals surface area contributed by atoms with Gasteiger partial charge in [-0.3, -0.25) is 9.78 Å². The molecule has 2 rings (SSSR count). The molecular weight excluding hydrogens is 202 g/mol. The summed E-state index contributed by atoms with van der Waals surface area (Å²) in [6.45, 7) is 3.46. The van der Waals surface area contributed by atoms with E-state index in [0.717, 1.165) is 13.0 Å². The summed E-state index contributed by atoms with van der Waals surface area (Å²) in [5.41, 5.74) is 6.23. The fraction of sp³-hybridized carbons (Fsp3) is 0.500. The van der Waals surface area contributed by atoms with Crippen LogP contribution in [0.25, 0.3) is 0 Å². The van der Waals surface area contributed by atoms with Crippen molar-refractivity contribution in [3.05, 3.63) is 30.1 Å². The molecular formula is C12H17N3O. The number of carbonyl (C=O) groups is 1. The standard InChI is InChI=1S/C12H17N3O/c1-9-5-7-15(11(9)8-13)12(16)10-4-2-3-6-14-10/h2-4,6,9,11H,5,7-8,13H2,1H3. The zero-order valence-corrected chi connectivity index (χ0v) is 9.47. The summed E-state index contributed by atoms with van der Waals surface area (Å²) in [5, 5.41) is 0. The molecule has 86 valence electrons. The largest absolute Gasteiger partial charge is 0.333 e. The highest BCUT2D eigenvalue weighted by molar-refractivity contribution is 5.92. The molecule has 1 saturated heterocycles. The van der Waals surface area contributed by atoms with Crippen LogP contribution in [0.5, 0.6) is 0 Å². The van der Waals surface area contributed by atoms with Gasteiger partial charge in [0.1, 0.15) is 5.69 Å². The van der Waals surface area contributed by atoms with E-state index in [1.165, 1.54) is 0 Å². The Balaban J connectivity index is 2.17. The molecule has 1 fully saturated rings. The lowest BCUT2D eigenvalue weighted by Crippen LogP contribution is -2.42. The number of nitrogens with zero attached hydrogens (tertiary/aromatic N) is 2. The smallest absolute Gasteiger partial charge is 0.272 e. The molecule has 0 spiro atoms. The third-order valence-corrected chi connectivity index (χ3v) is 3.27. The summed E-state index contributed by atoms with van der Waals surface area (Å²) in [4.78, 5) is 18.1. The van der Waals surface area contributed by atoms with Gasteiger partial charge in [0, 0.05) is 25.3 Å². The minimum atomic E-state index is 0.000370. The molecule has 1 aromatic rings. The molecule has 2 atom stereocenters. The van der Waals surface area contributed by atoms with Gasteiger partial charge in [-0.1, -0.05) is 13.0 Å². The van der Waals surface area contributed by atoms with Crippen molar-refractivity contribution in [1.29, 1.82) is 0 Å². The lowest BCUT2D eigenvalue weighted by atomic mass is 10.0. The van der Waals surface area contributed by atoms with Crippen LogP contribution in [0.1, 0.15) is 23.8 Å². The highest BCUT2D eigenvalue weighted by atomic mass is 16.2. The number of hydrogen-bond acceptors (Lipinski definition) is 3. The third-order valence-electron chi connectivity index (χ3n) is 3.27. The molecule has 1 aromatic heterocycles. The van der Waals surface area contributed by atoms with E-state index < -0.39 is 0 Å². The molecule has 0 aliphatic carbocycles. The molecule has 2 unspecified atom stereocenters. The summed E-state index contributed by atoms with van der Waals surface area (Å²) in [5.74, 6) is 0.484. The molecule has 4 nitrogen and oxygen atoms in total. The summed E-state index contributed by atoms with van der Waals surface area (Å²) in [7, 11) is 0. The Morgan fingerprint density at radius 1 is 1.62 bits per heavy atom. The number of likely N-dealkylation sites (tertiary alicyclic amines) is 1. The number of pyridine rings is 1. The van der Waals surface area contributed by atoms with Crippen molar-refractivity contribution in [2.75, 3.05) is 13.1 Å². The van der Waals surface area contributed by atoms with Crippen LogP contribution in [0, 0.1) is 5.92 Å². The first-order valence-electron chi connectivity index (χ1n) is 5.66. The normalized spacial score (nSPS) is 24.8. The van der Waals surface area contributed by atoms with Crippen molar-refractivity contribution in [3.8, 4) is 0 Å². The monoisotopic (exact) mass is 219 g/mol. The summed E-state index contributed by atoms with van der Waals surface area (Å²) >= 11 is 0. The molecule has 0 bridgehead atoms. The highest BCUT2D eigenvalue weighted by Crippen LogP contribution is 2.24. The topological polar surface area (TPSA) is 59.2 Å². The lowest BCUT2D eigenvalue weighted by molar-refractivity contribution is 0.0721. The average molecular weight is 219 g/mol. The molecule has 1 aliphatic rings. The molecule has 0 aromatic carbocycles. The second-order valence-corrected chi connectivity index (χ2v) is 4.28. The van der Waals surface area contributed by atoms with Gasteiger partial charge >= 0.3 is 0 Å². The summed E-state index contributed by atoms with van der Waals surface area (Å²) in [6.07, 6.45) is 2.67. The second kappa shape index (κ2) is 4.61. The van der Waals surface area contributed by atoms with Gasteiger partial charge in [-0.05, 0) is 24.5 Å². The first-order valence-corrected chi connectivity index (χ1v) is 5.66. The van der Waals surface area contributed by atoms with E-state index in [1.807, 2.05) is 17.0 Å². The van der Waals surface area contributed by atoms with E-state index in [1.54, 1.807) is 12.3 Å². The SMILES string of the molecule is CC1CCN(C(=O)c2ccccn2)C1CN. The average Bonchev–Trinajstić information content (AvgIpc) is 2.70. The number of amides is 1. The Labute approximate surface area is 95.5 Å². The highest BCUT2D eigenvalue weighted by Gasteiger charge is 2.33. The maximum absolute atomic E-state index is 12.2. The maximum atomic E-state index is 12.2. The fourth-order valence-corrected chi connectivity index (χ4v) is 2.26. The van der Waals surface area contributed by atoms with Gasteiger partial charge in [0.2, 0.25) is 0 Å². The van der Waals surface area contributed by atoms with E-state index in [-0.39, 0.29) is 11.9 Å². The Kier molecular flexibility index (Phi) is 3.19. The summed E-state index contributed by atoms with van der Waals surface area (Å²) in [6, 6.07) is 5.55. The van der Waals surface area contributed by atoms with Gasteiger partial charge in [0.05, 0.1) is 0 Å². The van der Waals surface area contributed by atoms with E-state index >= 15 is 0 Å². The van der Waals surface area contributed by atoms with Gasteiger partial charge in [-0.2, -0.15) is 0 Å². The van der Waals surface area contributed by atoms with Gasteiger partial charge in [-0.25, -0.2) is 0 Å².